The molecule has 1 aromatic carbocycles. The fourth-order valence-electron chi connectivity index (χ4n) is 4.70. The monoisotopic (exact) mass is 458 g/mol. The second-order valence-corrected chi connectivity index (χ2v) is 8.58. The van der Waals surface area contributed by atoms with E-state index in [0.717, 1.165) is 28.6 Å². The lowest BCUT2D eigenvalue weighted by molar-refractivity contribution is 0.286. The summed E-state index contributed by atoms with van der Waals surface area (Å²) in [5, 5.41) is 4.22. The van der Waals surface area contributed by atoms with Crippen molar-refractivity contribution in [2.75, 3.05) is 7.11 Å². The van der Waals surface area contributed by atoms with Crippen molar-refractivity contribution in [1.29, 1.82) is 0 Å². The summed E-state index contributed by atoms with van der Waals surface area (Å²) in [7, 11) is 1.68. The minimum Gasteiger partial charge on any atom is -0.497 e. The summed E-state index contributed by atoms with van der Waals surface area (Å²) in [5.74, 6) is 1.71. The number of aromatic nitrogens is 2. The van der Waals surface area contributed by atoms with Crippen molar-refractivity contribution >= 4 is 17.3 Å². The molecule has 0 saturated carbocycles. The van der Waals surface area contributed by atoms with E-state index in [0.29, 0.717) is 11.7 Å². The van der Waals surface area contributed by atoms with E-state index in [2.05, 4.69) is 51.8 Å². The second-order valence-electron chi connectivity index (χ2n) is 8.19. The van der Waals surface area contributed by atoms with Crippen LogP contribution in [-0.2, 0) is 6.54 Å². The van der Waals surface area contributed by atoms with Crippen molar-refractivity contribution in [3.8, 4) is 11.4 Å². The maximum atomic E-state index is 5.80. The van der Waals surface area contributed by atoms with Crippen LogP contribution in [0.2, 0.25) is 0 Å². The Morgan fingerprint density at radius 2 is 1.91 bits per heavy atom. The maximum Gasteiger partial charge on any atom is 0.170 e. The van der Waals surface area contributed by atoms with Gasteiger partial charge in [0.25, 0.3) is 0 Å². The van der Waals surface area contributed by atoms with Crippen molar-refractivity contribution in [2.45, 2.75) is 32.5 Å². The quantitative estimate of drug-likeness (QED) is 0.398. The van der Waals surface area contributed by atoms with Crippen LogP contribution in [0.25, 0.3) is 5.69 Å². The molecule has 4 aromatic rings. The Kier molecular flexibility index (Phi) is 5.64. The van der Waals surface area contributed by atoms with E-state index in [1.165, 1.54) is 11.3 Å². The Morgan fingerprint density at radius 3 is 2.58 bits per heavy atom. The first-order chi connectivity index (χ1) is 16.1. The summed E-state index contributed by atoms with van der Waals surface area (Å²) in [5.41, 5.74) is 5.58. The van der Waals surface area contributed by atoms with Gasteiger partial charge in [-0.25, -0.2) is 0 Å². The predicted molar refractivity (Wildman–Crippen MR) is 131 cm³/mol. The lowest BCUT2D eigenvalue weighted by atomic mass is 9.96. The molecule has 1 saturated heterocycles. The summed E-state index contributed by atoms with van der Waals surface area (Å²) in [6.45, 7) is 4.88. The number of hydrogen-bond donors (Lipinski definition) is 1. The third kappa shape index (κ3) is 3.89. The molecule has 1 fully saturated rings. The van der Waals surface area contributed by atoms with Gasteiger partial charge in [0.1, 0.15) is 11.5 Å². The molecule has 0 aliphatic carbocycles. The van der Waals surface area contributed by atoms with Gasteiger partial charge in [-0.05, 0) is 86.2 Å². The van der Waals surface area contributed by atoms with Crippen LogP contribution in [0.15, 0.2) is 77.5 Å². The number of nitrogens with one attached hydrogen (secondary N) is 1. The molecule has 5 rings (SSSR count). The number of nitrogens with zero attached hydrogens (tertiary/aromatic N) is 3. The summed E-state index contributed by atoms with van der Waals surface area (Å²) >= 11 is 5.80. The van der Waals surface area contributed by atoms with Gasteiger partial charge in [-0.15, -0.1) is 0 Å². The van der Waals surface area contributed by atoms with E-state index in [9.17, 15) is 0 Å². The molecule has 1 aliphatic rings. The Morgan fingerprint density at radius 1 is 1.09 bits per heavy atom. The number of thiocarbonyl (C=S) groups is 1. The zero-order valence-corrected chi connectivity index (χ0v) is 19.7. The highest BCUT2D eigenvalue weighted by molar-refractivity contribution is 7.80. The lowest BCUT2D eigenvalue weighted by Crippen LogP contribution is -2.29. The molecule has 7 heteroatoms. The molecule has 1 aliphatic heterocycles. The molecular formula is C26H26N4O2S. The standard InChI is InChI=1S/C26H26N4O2S/c1-17-15-22(18(2)30(17)19-9-11-20(31-3)12-10-19)25-24(23-8-4-5-13-27-23)28-26(33)29(25)16-21-7-6-14-32-21/h4-15,24-25H,16H2,1-3H3,(H,28,33)/t24-,25+/m0/s1. The third-order valence-electron chi connectivity index (χ3n) is 6.22. The van der Waals surface area contributed by atoms with E-state index in [1.54, 1.807) is 13.4 Å². The number of hydrogen-bond acceptors (Lipinski definition) is 4. The molecule has 0 spiro atoms. The highest BCUT2D eigenvalue weighted by Gasteiger charge is 2.41. The number of benzene rings is 1. The first kappa shape index (κ1) is 21.3. The summed E-state index contributed by atoms with van der Waals surface area (Å²) in [6.07, 6.45) is 3.52. The molecule has 0 unspecified atom stereocenters. The molecule has 0 amide bonds. The van der Waals surface area contributed by atoms with Gasteiger partial charge < -0.3 is 23.9 Å². The Bertz CT molecular complexity index is 1250. The normalized spacial score (nSPS) is 17.9. The SMILES string of the molecule is COc1ccc(-n2c(C)cc([C@@H]3[C@H](c4ccccn4)NC(=S)N3Cc3ccco3)c2C)cc1. The van der Waals surface area contributed by atoms with Gasteiger partial charge in [-0.1, -0.05) is 6.07 Å². The zero-order valence-electron chi connectivity index (χ0n) is 18.9. The first-order valence-corrected chi connectivity index (χ1v) is 11.3. The molecular weight excluding hydrogens is 432 g/mol. The molecule has 168 valence electrons. The van der Waals surface area contributed by atoms with Crippen molar-refractivity contribution in [1.82, 2.24) is 19.8 Å². The molecule has 2 atom stereocenters. The van der Waals surface area contributed by atoms with E-state index in [1.807, 2.05) is 48.7 Å². The second kappa shape index (κ2) is 8.75. The number of furan rings is 1. The van der Waals surface area contributed by atoms with Crippen LogP contribution in [0.1, 0.15) is 40.5 Å². The Balaban J connectivity index is 1.60. The minimum atomic E-state index is -0.0709. The highest BCUT2D eigenvalue weighted by Crippen LogP contribution is 2.42. The van der Waals surface area contributed by atoms with Crippen LogP contribution >= 0.6 is 12.2 Å². The molecule has 33 heavy (non-hydrogen) atoms. The third-order valence-corrected chi connectivity index (χ3v) is 6.58. The average molecular weight is 459 g/mol. The van der Waals surface area contributed by atoms with Crippen molar-refractivity contribution in [3.05, 3.63) is 102 Å². The Hall–Kier alpha value is -3.58. The van der Waals surface area contributed by atoms with Gasteiger partial charge in [0.05, 0.1) is 37.7 Å². The maximum absolute atomic E-state index is 5.80. The van der Waals surface area contributed by atoms with Gasteiger partial charge in [-0.2, -0.15) is 0 Å². The summed E-state index contributed by atoms with van der Waals surface area (Å²) in [6, 6.07) is 20.2. The Labute approximate surface area is 198 Å². The van der Waals surface area contributed by atoms with Crippen LogP contribution in [0.4, 0.5) is 0 Å². The van der Waals surface area contributed by atoms with E-state index >= 15 is 0 Å². The lowest BCUT2D eigenvalue weighted by Gasteiger charge is -2.27. The number of methoxy groups -OCH3 is 1. The van der Waals surface area contributed by atoms with Crippen molar-refractivity contribution in [3.63, 3.8) is 0 Å². The van der Waals surface area contributed by atoms with E-state index < -0.39 is 0 Å². The summed E-state index contributed by atoms with van der Waals surface area (Å²) in [4.78, 5) is 6.85. The fraction of sp³-hybridized carbons (Fsp3) is 0.231. The predicted octanol–water partition coefficient (Wildman–Crippen LogP) is 5.26. The van der Waals surface area contributed by atoms with Gasteiger partial charge in [0.15, 0.2) is 5.11 Å². The van der Waals surface area contributed by atoms with Crippen LogP contribution < -0.4 is 10.1 Å². The van der Waals surface area contributed by atoms with Crippen LogP contribution in [0.5, 0.6) is 5.75 Å². The van der Waals surface area contributed by atoms with Crippen LogP contribution in [-0.4, -0.2) is 26.7 Å². The number of pyridine rings is 1. The number of ether oxygens (including phenoxy) is 1. The van der Waals surface area contributed by atoms with Crippen LogP contribution in [0, 0.1) is 13.8 Å². The topological polar surface area (TPSA) is 55.5 Å². The molecule has 6 nitrogen and oxygen atoms in total. The molecule has 1 N–H and O–H groups in total. The van der Waals surface area contributed by atoms with Gasteiger partial charge in [0, 0.05) is 23.3 Å². The fourth-order valence-corrected chi connectivity index (χ4v) is 5.01. The average Bonchev–Trinajstić information content (AvgIpc) is 3.54. The molecule has 0 radical (unpaired) electrons. The number of rotatable bonds is 6. The minimum absolute atomic E-state index is 0.0318. The van der Waals surface area contributed by atoms with Gasteiger partial charge >= 0.3 is 0 Å². The van der Waals surface area contributed by atoms with E-state index in [4.69, 9.17) is 21.4 Å². The largest absolute Gasteiger partial charge is 0.497 e. The zero-order chi connectivity index (χ0) is 22.9. The van der Waals surface area contributed by atoms with Crippen molar-refractivity contribution in [2.24, 2.45) is 0 Å². The smallest absolute Gasteiger partial charge is 0.170 e. The van der Waals surface area contributed by atoms with E-state index in [-0.39, 0.29) is 12.1 Å². The molecule has 0 bridgehead atoms. The highest BCUT2D eigenvalue weighted by atomic mass is 32.1. The van der Waals surface area contributed by atoms with Crippen LogP contribution in [0.3, 0.4) is 0 Å². The molecule has 3 aromatic heterocycles. The first-order valence-electron chi connectivity index (χ1n) is 10.9. The summed E-state index contributed by atoms with van der Waals surface area (Å²) < 4.78 is 13.3. The van der Waals surface area contributed by atoms with Gasteiger partial charge in [0.2, 0.25) is 0 Å². The molecule has 4 heterocycles. The number of aryl methyl sites for hydroxylation is 1. The van der Waals surface area contributed by atoms with Gasteiger partial charge in [-0.3, -0.25) is 4.98 Å². The van der Waals surface area contributed by atoms with Crippen molar-refractivity contribution < 1.29 is 9.15 Å².